The van der Waals surface area contributed by atoms with Gasteiger partial charge in [-0.25, -0.2) is 4.98 Å². The number of nitrogens with zero attached hydrogens (tertiary/aromatic N) is 2. The molecule has 3 nitrogen and oxygen atoms in total. The molecule has 0 bridgehead atoms. The van der Waals surface area contributed by atoms with Crippen molar-refractivity contribution in [2.24, 2.45) is 18.4 Å². The van der Waals surface area contributed by atoms with E-state index in [0.717, 1.165) is 0 Å². The minimum absolute atomic E-state index is 0.00241. The van der Waals surface area contributed by atoms with E-state index in [1.807, 2.05) is 14.0 Å². The lowest BCUT2D eigenvalue weighted by molar-refractivity contribution is 0.0834. The van der Waals surface area contributed by atoms with E-state index < -0.39 is 0 Å². The monoisotopic (exact) mass is 194 g/mol. The molecule has 1 aromatic rings. The maximum Gasteiger partial charge on any atom is 0.186 e. The topological polar surface area (TPSA) is 34.9 Å². The molecule has 14 heavy (non-hydrogen) atoms. The summed E-state index contributed by atoms with van der Waals surface area (Å²) in [6.45, 7) is 8.16. The number of hydrogen-bond acceptors (Lipinski definition) is 2. The summed E-state index contributed by atoms with van der Waals surface area (Å²) < 4.78 is 1.79. The average molecular weight is 194 g/mol. The van der Waals surface area contributed by atoms with E-state index in [2.05, 4.69) is 25.8 Å². The van der Waals surface area contributed by atoms with E-state index in [4.69, 9.17) is 0 Å². The molecule has 1 unspecified atom stereocenters. The smallest absolute Gasteiger partial charge is 0.186 e. The molecular formula is C11H18N2O. The third-order valence-corrected chi connectivity index (χ3v) is 2.65. The van der Waals surface area contributed by atoms with Gasteiger partial charge in [-0.05, 0) is 5.41 Å². The molecule has 0 N–H and O–H groups in total. The number of ketones is 1. The molecular weight excluding hydrogens is 176 g/mol. The molecule has 0 radical (unpaired) electrons. The number of aromatic nitrogens is 2. The van der Waals surface area contributed by atoms with Gasteiger partial charge >= 0.3 is 0 Å². The number of hydrogen-bond donors (Lipinski definition) is 0. The van der Waals surface area contributed by atoms with Gasteiger partial charge in [0.2, 0.25) is 0 Å². The van der Waals surface area contributed by atoms with E-state index in [-0.39, 0.29) is 17.1 Å². The molecule has 1 heterocycles. The summed E-state index contributed by atoms with van der Waals surface area (Å²) in [7, 11) is 1.87. The van der Waals surface area contributed by atoms with Crippen LogP contribution in [0.4, 0.5) is 0 Å². The molecule has 0 aliphatic heterocycles. The van der Waals surface area contributed by atoms with Gasteiger partial charge in [-0.15, -0.1) is 0 Å². The maximum atomic E-state index is 11.9. The molecule has 1 aromatic heterocycles. The van der Waals surface area contributed by atoms with Gasteiger partial charge in [-0.1, -0.05) is 27.7 Å². The van der Waals surface area contributed by atoms with Crippen LogP contribution >= 0.6 is 0 Å². The van der Waals surface area contributed by atoms with E-state index in [9.17, 15) is 4.79 Å². The predicted molar refractivity (Wildman–Crippen MR) is 56.2 cm³/mol. The van der Waals surface area contributed by atoms with Crippen molar-refractivity contribution in [3.63, 3.8) is 0 Å². The summed E-state index contributed by atoms with van der Waals surface area (Å²) in [6, 6.07) is 0. The average Bonchev–Trinajstić information content (AvgIpc) is 2.47. The van der Waals surface area contributed by atoms with Gasteiger partial charge in [0.1, 0.15) is 5.69 Å². The first-order valence-electron chi connectivity index (χ1n) is 4.84. The lowest BCUT2D eigenvalue weighted by Gasteiger charge is -2.25. The quantitative estimate of drug-likeness (QED) is 0.677. The van der Waals surface area contributed by atoms with E-state index in [1.165, 1.54) is 0 Å². The first kappa shape index (κ1) is 11.0. The molecule has 0 aliphatic carbocycles. The molecule has 0 aromatic carbocycles. The van der Waals surface area contributed by atoms with Gasteiger partial charge in [0.05, 0.1) is 6.33 Å². The Kier molecular flexibility index (Phi) is 2.79. The van der Waals surface area contributed by atoms with Crippen LogP contribution in [0.1, 0.15) is 38.2 Å². The Bertz CT molecular complexity index is 333. The highest BCUT2D eigenvalue weighted by Crippen LogP contribution is 2.27. The Morgan fingerprint density at radius 1 is 1.50 bits per heavy atom. The molecule has 0 fully saturated rings. The summed E-state index contributed by atoms with van der Waals surface area (Å²) in [4.78, 5) is 16.0. The van der Waals surface area contributed by atoms with Crippen LogP contribution in [0.3, 0.4) is 0 Å². The molecule has 0 spiro atoms. The molecule has 3 heteroatoms. The fourth-order valence-corrected chi connectivity index (χ4v) is 1.16. The van der Waals surface area contributed by atoms with Crippen molar-refractivity contribution < 1.29 is 4.79 Å². The van der Waals surface area contributed by atoms with Crippen LogP contribution in [0, 0.1) is 11.3 Å². The Morgan fingerprint density at radius 3 is 2.43 bits per heavy atom. The largest absolute Gasteiger partial charge is 0.340 e. The Morgan fingerprint density at radius 2 is 2.07 bits per heavy atom. The first-order chi connectivity index (χ1) is 6.32. The van der Waals surface area contributed by atoms with Crippen LogP contribution in [0.25, 0.3) is 0 Å². The lowest BCUT2D eigenvalue weighted by Crippen LogP contribution is -2.26. The number of carbonyl (C=O) groups is 1. The number of aryl methyl sites for hydroxylation is 1. The second-order valence-electron chi connectivity index (χ2n) is 4.88. The summed E-state index contributed by atoms with van der Waals surface area (Å²) in [6.07, 6.45) is 3.42. The fraction of sp³-hybridized carbons (Fsp3) is 0.636. The van der Waals surface area contributed by atoms with E-state index >= 15 is 0 Å². The van der Waals surface area contributed by atoms with Gasteiger partial charge in [-0.2, -0.15) is 0 Å². The van der Waals surface area contributed by atoms with Crippen LogP contribution in [0.15, 0.2) is 12.5 Å². The predicted octanol–water partition coefficient (Wildman–Crippen LogP) is 2.29. The van der Waals surface area contributed by atoms with Crippen LogP contribution in [-0.4, -0.2) is 15.3 Å². The number of imidazole rings is 1. The van der Waals surface area contributed by atoms with Crippen LogP contribution in [-0.2, 0) is 7.05 Å². The van der Waals surface area contributed by atoms with Gasteiger partial charge in [0.15, 0.2) is 5.78 Å². The maximum absolute atomic E-state index is 11.9. The SMILES string of the molecule is CC(C(=O)c1cn(C)cn1)C(C)(C)C. The highest BCUT2D eigenvalue weighted by atomic mass is 16.1. The zero-order valence-electron chi connectivity index (χ0n) is 9.53. The van der Waals surface area contributed by atoms with Gasteiger partial charge in [-0.3, -0.25) is 4.79 Å². The standard InChI is InChI=1S/C11H18N2O/c1-8(11(2,3)4)10(14)9-6-13(5)7-12-9/h6-8H,1-5H3. The summed E-state index contributed by atoms with van der Waals surface area (Å²) in [5, 5.41) is 0. The van der Waals surface area contributed by atoms with Crippen molar-refractivity contribution in [2.45, 2.75) is 27.7 Å². The van der Waals surface area contributed by atoms with E-state index in [1.54, 1.807) is 17.1 Å². The number of rotatable bonds is 2. The van der Waals surface area contributed by atoms with Crippen molar-refractivity contribution in [1.82, 2.24) is 9.55 Å². The number of Topliss-reactive ketones (excluding diaryl/α,β-unsaturated/α-hetero) is 1. The normalized spacial score (nSPS) is 14.1. The number of carbonyl (C=O) groups excluding carboxylic acids is 1. The summed E-state index contributed by atoms with van der Waals surface area (Å²) in [5.74, 6) is 0.121. The van der Waals surface area contributed by atoms with Gasteiger partial charge in [0, 0.05) is 19.2 Å². The third-order valence-electron chi connectivity index (χ3n) is 2.65. The fourth-order valence-electron chi connectivity index (χ4n) is 1.16. The molecule has 1 atom stereocenters. The van der Waals surface area contributed by atoms with Crippen LogP contribution < -0.4 is 0 Å². The second-order valence-corrected chi connectivity index (χ2v) is 4.88. The van der Waals surface area contributed by atoms with Crippen LogP contribution in [0.2, 0.25) is 0 Å². The summed E-state index contributed by atoms with van der Waals surface area (Å²) in [5.41, 5.74) is 0.559. The van der Waals surface area contributed by atoms with Crippen molar-refractivity contribution in [3.05, 3.63) is 18.2 Å². The highest BCUT2D eigenvalue weighted by molar-refractivity contribution is 5.96. The van der Waals surface area contributed by atoms with Gasteiger partial charge < -0.3 is 4.57 Å². The van der Waals surface area contributed by atoms with E-state index in [0.29, 0.717) is 5.69 Å². The zero-order valence-corrected chi connectivity index (χ0v) is 9.53. The minimum atomic E-state index is -0.00535. The van der Waals surface area contributed by atoms with Gasteiger partial charge in [0.25, 0.3) is 0 Å². The second kappa shape index (κ2) is 3.56. The van der Waals surface area contributed by atoms with Crippen LogP contribution in [0.5, 0.6) is 0 Å². The Hall–Kier alpha value is -1.12. The van der Waals surface area contributed by atoms with Crippen molar-refractivity contribution in [3.8, 4) is 0 Å². The summed E-state index contributed by atoms with van der Waals surface area (Å²) >= 11 is 0. The highest BCUT2D eigenvalue weighted by Gasteiger charge is 2.28. The zero-order chi connectivity index (χ0) is 10.9. The van der Waals surface area contributed by atoms with Crippen molar-refractivity contribution in [1.29, 1.82) is 0 Å². The van der Waals surface area contributed by atoms with Crippen molar-refractivity contribution >= 4 is 5.78 Å². The molecule has 1 rings (SSSR count). The molecule has 78 valence electrons. The van der Waals surface area contributed by atoms with Crippen molar-refractivity contribution in [2.75, 3.05) is 0 Å². The molecule has 0 saturated carbocycles. The lowest BCUT2D eigenvalue weighted by atomic mass is 9.79. The molecule has 0 amide bonds. The molecule has 0 saturated heterocycles. The molecule has 0 aliphatic rings. The first-order valence-corrected chi connectivity index (χ1v) is 4.84. The third kappa shape index (κ3) is 2.22. The minimum Gasteiger partial charge on any atom is -0.340 e. The Balaban J connectivity index is 2.86. The Labute approximate surface area is 85.2 Å².